The van der Waals surface area contributed by atoms with Crippen LogP contribution in [0.1, 0.15) is 36.7 Å². The third-order valence-electron chi connectivity index (χ3n) is 3.06. The molecule has 0 amide bonds. The Morgan fingerprint density at radius 2 is 2.31 bits per heavy atom. The van der Waals surface area contributed by atoms with Gasteiger partial charge in [0.05, 0.1) is 11.2 Å². The first-order valence-electron chi connectivity index (χ1n) is 4.91. The number of nitrogens with two attached hydrogens (primary N) is 1. The predicted octanol–water partition coefficient (Wildman–Crippen LogP) is 1.90. The number of aromatic nitrogens is 1. The number of fused-ring (bicyclic) bond motifs is 1. The molecule has 1 aliphatic rings. The van der Waals surface area contributed by atoms with Gasteiger partial charge in [-0.15, -0.1) is 0 Å². The third kappa shape index (κ3) is 1.25. The highest BCUT2D eigenvalue weighted by Gasteiger charge is 2.34. The molecule has 0 fully saturated rings. The van der Waals surface area contributed by atoms with Crippen LogP contribution in [-0.4, -0.2) is 4.98 Å². The summed E-state index contributed by atoms with van der Waals surface area (Å²) in [6.45, 7) is 4.16. The monoisotopic (exact) mass is 176 g/mol. The highest BCUT2D eigenvalue weighted by Crippen LogP contribution is 2.35. The number of rotatable bonds is 1. The van der Waals surface area contributed by atoms with Gasteiger partial charge in [0.2, 0.25) is 0 Å². The molecule has 70 valence electrons. The topological polar surface area (TPSA) is 38.9 Å². The number of nitrogens with zero attached hydrogens (tertiary/aromatic N) is 1. The van der Waals surface area contributed by atoms with Gasteiger partial charge in [-0.2, -0.15) is 0 Å². The van der Waals surface area contributed by atoms with Gasteiger partial charge < -0.3 is 5.73 Å². The first-order chi connectivity index (χ1) is 6.15. The Kier molecular flexibility index (Phi) is 1.88. The van der Waals surface area contributed by atoms with E-state index in [4.69, 9.17) is 5.73 Å². The molecule has 2 N–H and O–H groups in total. The summed E-state index contributed by atoms with van der Waals surface area (Å²) in [4.78, 5) is 4.55. The summed E-state index contributed by atoms with van der Waals surface area (Å²) < 4.78 is 0. The predicted molar refractivity (Wildman–Crippen MR) is 53.5 cm³/mol. The fourth-order valence-electron chi connectivity index (χ4n) is 2.04. The first kappa shape index (κ1) is 8.70. The van der Waals surface area contributed by atoms with Crippen molar-refractivity contribution < 1.29 is 0 Å². The Bertz CT molecular complexity index is 333. The molecule has 1 atom stereocenters. The SMILES string of the molecule is CCC1(N)CCc2ccc(C)nc21. The van der Waals surface area contributed by atoms with Crippen molar-refractivity contribution in [2.24, 2.45) is 5.73 Å². The van der Waals surface area contributed by atoms with E-state index in [-0.39, 0.29) is 5.54 Å². The second kappa shape index (κ2) is 2.81. The lowest BCUT2D eigenvalue weighted by Crippen LogP contribution is -2.34. The minimum absolute atomic E-state index is 0.151. The van der Waals surface area contributed by atoms with Crippen molar-refractivity contribution in [3.8, 4) is 0 Å². The molecule has 2 heteroatoms. The highest BCUT2D eigenvalue weighted by molar-refractivity contribution is 5.33. The van der Waals surface area contributed by atoms with Crippen molar-refractivity contribution in [3.05, 3.63) is 29.1 Å². The Morgan fingerprint density at radius 1 is 1.54 bits per heavy atom. The fourth-order valence-corrected chi connectivity index (χ4v) is 2.04. The number of hydrogen-bond acceptors (Lipinski definition) is 2. The third-order valence-corrected chi connectivity index (χ3v) is 3.06. The number of aryl methyl sites for hydroxylation is 2. The molecule has 0 aliphatic heterocycles. The molecular weight excluding hydrogens is 160 g/mol. The van der Waals surface area contributed by atoms with Crippen LogP contribution in [0.15, 0.2) is 12.1 Å². The van der Waals surface area contributed by atoms with E-state index in [2.05, 4.69) is 24.0 Å². The summed E-state index contributed by atoms with van der Waals surface area (Å²) in [6.07, 6.45) is 3.12. The van der Waals surface area contributed by atoms with Crippen molar-refractivity contribution >= 4 is 0 Å². The maximum Gasteiger partial charge on any atom is 0.0637 e. The zero-order valence-electron chi connectivity index (χ0n) is 8.30. The van der Waals surface area contributed by atoms with Gasteiger partial charge in [0.15, 0.2) is 0 Å². The molecule has 1 unspecified atom stereocenters. The van der Waals surface area contributed by atoms with Crippen molar-refractivity contribution in [3.63, 3.8) is 0 Å². The molecule has 0 spiro atoms. The van der Waals surface area contributed by atoms with Crippen LogP contribution in [0.2, 0.25) is 0 Å². The quantitative estimate of drug-likeness (QED) is 0.709. The normalized spacial score (nSPS) is 26.1. The van der Waals surface area contributed by atoms with Crippen molar-refractivity contribution in [2.45, 2.75) is 38.6 Å². The van der Waals surface area contributed by atoms with E-state index in [1.54, 1.807) is 0 Å². The fraction of sp³-hybridized carbons (Fsp3) is 0.545. The van der Waals surface area contributed by atoms with Gasteiger partial charge in [-0.25, -0.2) is 0 Å². The molecule has 1 aromatic heterocycles. The van der Waals surface area contributed by atoms with Gasteiger partial charge in [0, 0.05) is 5.69 Å². The lowest BCUT2D eigenvalue weighted by Gasteiger charge is -2.22. The van der Waals surface area contributed by atoms with Crippen LogP contribution in [0.3, 0.4) is 0 Å². The summed E-state index contributed by atoms with van der Waals surface area (Å²) in [5.41, 5.74) is 9.67. The molecular formula is C11H16N2. The summed E-state index contributed by atoms with van der Waals surface area (Å²) >= 11 is 0. The second-order valence-electron chi connectivity index (χ2n) is 3.97. The molecule has 0 saturated carbocycles. The van der Waals surface area contributed by atoms with Crippen LogP contribution >= 0.6 is 0 Å². The maximum absolute atomic E-state index is 6.28. The minimum Gasteiger partial charge on any atom is -0.320 e. The molecule has 2 rings (SSSR count). The zero-order valence-corrected chi connectivity index (χ0v) is 8.30. The average molecular weight is 176 g/mol. The van der Waals surface area contributed by atoms with Crippen molar-refractivity contribution in [1.29, 1.82) is 0 Å². The first-order valence-corrected chi connectivity index (χ1v) is 4.91. The Morgan fingerprint density at radius 3 is 3.00 bits per heavy atom. The van der Waals surface area contributed by atoms with E-state index in [1.165, 1.54) is 5.56 Å². The van der Waals surface area contributed by atoms with E-state index in [0.717, 1.165) is 30.7 Å². The van der Waals surface area contributed by atoms with Gasteiger partial charge in [-0.3, -0.25) is 4.98 Å². The molecule has 0 aromatic carbocycles. The molecule has 2 nitrogen and oxygen atoms in total. The van der Waals surface area contributed by atoms with E-state index < -0.39 is 0 Å². The van der Waals surface area contributed by atoms with Gasteiger partial charge in [-0.1, -0.05) is 13.0 Å². The number of hydrogen-bond donors (Lipinski definition) is 1. The van der Waals surface area contributed by atoms with Crippen LogP contribution in [0, 0.1) is 6.92 Å². The average Bonchev–Trinajstić information content (AvgIpc) is 2.45. The maximum atomic E-state index is 6.28. The lowest BCUT2D eigenvalue weighted by molar-refractivity contribution is 0.415. The van der Waals surface area contributed by atoms with Crippen LogP contribution in [-0.2, 0) is 12.0 Å². The van der Waals surface area contributed by atoms with Gasteiger partial charge in [0.1, 0.15) is 0 Å². The molecule has 1 heterocycles. The molecule has 0 bridgehead atoms. The summed E-state index contributed by atoms with van der Waals surface area (Å²) in [7, 11) is 0. The molecule has 1 aromatic rings. The molecule has 0 saturated heterocycles. The zero-order chi connectivity index (χ0) is 9.47. The van der Waals surface area contributed by atoms with Crippen molar-refractivity contribution in [2.75, 3.05) is 0 Å². The molecule has 0 radical (unpaired) electrons. The standard InChI is InChI=1S/C11H16N2/c1-3-11(12)7-6-9-5-4-8(2)13-10(9)11/h4-5H,3,6-7,12H2,1-2H3. The lowest BCUT2D eigenvalue weighted by atomic mass is 9.94. The smallest absolute Gasteiger partial charge is 0.0637 e. The van der Waals surface area contributed by atoms with Gasteiger partial charge in [0.25, 0.3) is 0 Å². The Labute approximate surface area is 79.2 Å². The molecule has 1 aliphatic carbocycles. The van der Waals surface area contributed by atoms with Crippen LogP contribution < -0.4 is 5.73 Å². The van der Waals surface area contributed by atoms with E-state index in [9.17, 15) is 0 Å². The summed E-state index contributed by atoms with van der Waals surface area (Å²) in [6, 6.07) is 4.24. The van der Waals surface area contributed by atoms with Gasteiger partial charge >= 0.3 is 0 Å². The van der Waals surface area contributed by atoms with Crippen molar-refractivity contribution in [1.82, 2.24) is 4.98 Å². The van der Waals surface area contributed by atoms with E-state index >= 15 is 0 Å². The van der Waals surface area contributed by atoms with E-state index in [0.29, 0.717) is 0 Å². The molecule has 13 heavy (non-hydrogen) atoms. The van der Waals surface area contributed by atoms with Crippen LogP contribution in [0.5, 0.6) is 0 Å². The largest absolute Gasteiger partial charge is 0.320 e. The van der Waals surface area contributed by atoms with Crippen LogP contribution in [0.25, 0.3) is 0 Å². The second-order valence-corrected chi connectivity index (χ2v) is 3.97. The highest BCUT2D eigenvalue weighted by atomic mass is 14.9. The van der Waals surface area contributed by atoms with Crippen LogP contribution in [0.4, 0.5) is 0 Å². The minimum atomic E-state index is -0.151. The van der Waals surface area contributed by atoms with E-state index in [1.807, 2.05) is 6.92 Å². The number of pyridine rings is 1. The van der Waals surface area contributed by atoms with Gasteiger partial charge in [-0.05, 0) is 37.8 Å². The Balaban J connectivity index is 2.52. The summed E-state index contributed by atoms with van der Waals surface area (Å²) in [5.74, 6) is 0. The summed E-state index contributed by atoms with van der Waals surface area (Å²) in [5, 5.41) is 0. The Hall–Kier alpha value is -0.890.